The van der Waals surface area contributed by atoms with Gasteiger partial charge in [0.15, 0.2) is 5.69 Å². The Hall–Kier alpha value is -1.96. The normalized spacial score (nSPS) is 9.88. The number of nitrogens with one attached hydrogen (secondary N) is 2. The third-order valence-corrected chi connectivity index (χ3v) is 2.38. The van der Waals surface area contributed by atoms with Crippen molar-refractivity contribution in [3.8, 4) is 12.3 Å². The predicted octanol–water partition coefficient (Wildman–Crippen LogP) is 1.09. The van der Waals surface area contributed by atoms with Crippen LogP contribution in [0.4, 0.5) is 5.69 Å². The summed E-state index contributed by atoms with van der Waals surface area (Å²) in [5.74, 6) is 2.26. The topological polar surface area (TPSA) is 83.8 Å². The molecule has 5 nitrogen and oxygen atoms in total. The molecule has 92 valence electrons. The van der Waals surface area contributed by atoms with Crippen molar-refractivity contribution in [2.75, 3.05) is 12.3 Å². The lowest BCUT2D eigenvalue weighted by Crippen LogP contribution is -2.25. The Morgan fingerprint density at radius 3 is 3.06 bits per heavy atom. The Balaban J connectivity index is 2.54. The zero-order chi connectivity index (χ0) is 12.7. The standard InChI is InChI=1S/C12H18N4O/c1-3-5-6-8-14-12(17)11-10(13)9(7-4-2)15-16-11/h1H,4-8,13H2,2H3,(H,14,17)(H,15,16). The van der Waals surface area contributed by atoms with Crippen molar-refractivity contribution in [3.63, 3.8) is 0 Å². The van der Waals surface area contributed by atoms with Crippen molar-refractivity contribution in [3.05, 3.63) is 11.4 Å². The van der Waals surface area contributed by atoms with Gasteiger partial charge in [0.25, 0.3) is 5.91 Å². The van der Waals surface area contributed by atoms with Gasteiger partial charge in [0.1, 0.15) is 0 Å². The highest BCUT2D eigenvalue weighted by atomic mass is 16.1. The highest BCUT2D eigenvalue weighted by Crippen LogP contribution is 2.15. The predicted molar refractivity (Wildman–Crippen MR) is 67.4 cm³/mol. The van der Waals surface area contributed by atoms with E-state index in [9.17, 15) is 4.79 Å². The van der Waals surface area contributed by atoms with Gasteiger partial charge in [0, 0.05) is 13.0 Å². The van der Waals surface area contributed by atoms with Gasteiger partial charge < -0.3 is 11.1 Å². The van der Waals surface area contributed by atoms with Crippen molar-refractivity contribution in [2.45, 2.75) is 32.6 Å². The summed E-state index contributed by atoms with van der Waals surface area (Å²) in [6.07, 6.45) is 8.27. The molecule has 0 unspecified atom stereocenters. The lowest BCUT2D eigenvalue weighted by atomic mass is 10.2. The Kier molecular flexibility index (Phi) is 5.08. The van der Waals surface area contributed by atoms with Crippen LogP contribution in [0.15, 0.2) is 0 Å². The summed E-state index contributed by atoms with van der Waals surface area (Å²) >= 11 is 0. The summed E-state index contributed by atoms with van der Waals surface area (Å²) in [4.78, 5) is 11.7. The molecule has 17 heavy (non-hydrogen) atoms. The Labute approximate surface area is 101 Å². The second-order valence-electron chi connectivity index (χ2n) is 3.78. The molecule has 1 aromatic heterocycles. The highest BCUT2D eigenvalue weighted by molar-refractivity contribution is 5.97. The molecule has 0 atom stereocenters. The summed E-state index contributed by atoms with van der Waals surface area (Å²) in [5, 5.41) is 9.45. The van der Waals surface area contributed by atoms with Crippen LogP contribution in [0, 0.1) is 12.3 Å². The number of hydrogen-bond donors (Lipinski definition) is 3. The van der Waals surface area contributed by atoms with E-state index in [-0.39, 0.29) is 11.6 Å². The van der Waals surface area contributed by atoms with E-state index < -0.39 is 0 Å². The number of carbonyl (C=O) groups is 1. The summed E-state index contributed by atoms with van der Waals surface area (Å²) < 4.78 is 0. The smallest absolute Gasteiger partial charge is 0.273 e. The van der Waals surface area contributed by atoms with Gasteiger partial charge >= 0.3 is 0 Å². The number of nitrogens with zero attached hydrogens (tertiary/aromatic N) is 1. The number of carbonyl (C=O) groups excluding carboxylic acids is 1. The highest BCUT2D eigenvalue weighted by Gasteiger charge is 2.15. The number of hydrogen-bond acceptors (Lipinski definition) is 3. The van der Waals surface area contributed by atoms with Gasteiger partial charge in [-0.25, -0.2) is 0 Å². The van der Waals surface area contributed by atoms with Crippen molar-refractivity contribution in [1.29, 1.82) is 0 Å². The number of nitrogen functional groups attached to an aromatic ring is 1. The summed E-state index contributed by atoms with van der Waals surface area (Å²) in [6.45, 7) is 2.58. The molecule has 0 saturated carbocycles. The van der Waals surface area contributed by atoms with Crippen LogP contribution in [-0.4, -0.2) is 22.6 Å². The average Bonchev–Trinajstić information content (AvgIpc) is 2.67. The number of aryl methyl sites for hydroxylation is 1. The van der Waals surface area contributed by atoms with E-state index in [2.05, 4.69) is 21.4 Å². The minimum Gasteiger partial charge on any atom is -0.395 e. The molecule has 0 aliphatic carbocycles. The van der Waals surface area contributed by atoms with E-state index in [1.54, 1.807) is 0 Å². The van der Waals surface area contributed by atoms with Gasteiger partial charge in [0.05, 0.1) is 11.4 Å². The number of rotatable bonds is 6. The first-order valence-electron chi connectivity index (χ1n) is 5.75. The summed E-state index contributed by atoms with van der Waals surface area (Å²) in [5.41, 5.74) is 7.37. The van der Waals surface area contributed by atoms with Crippen LogP contribution >= 0.6 is 0 Å². The molecule has 5 heteroatoms. The molecule has 0 radical (unpaired) electrons. The number of anilines is 1. The molecule has 0 spiro atoms. The minimum atomic E-state index is -0.252. The molecular formula is C12H18N4O. The first-order valence-corrected chi connectivity index (χ1v) is 5.75. The largest absolute Gasteiger partial charge is 0.395 e. The van der Waals surface area contributed by atoms with E-state index in [0.29, 0.717) is 18.7 Å². The molecule has 0 saturated heterocycles. The molecule has 1 rings (SSSR count). The number of nitrogens with two attached hydrogens (primary N) is 1. The number of aromatic amines is 1. The van der Waals surface area contributed by atoms with E-state index >= 15 is 0 Å². The number of unbranched alkanes of at least 4 members (excludes halogenated alkanes) is 1. The lowest BCUT2D eigenvalue weighted by Gasteiger charge is -2.02. The Morgan fingerprint density at radius 1 is 1.65 bits per heavy atom. The lowest BCUT2D eigenvalue weighted by molar-refractivity contribution is 0.0949. The van der Waals surface area contributed by atoms with Crippen LogP contribution in [0.5, 0.6) is 0 Å². The number of terminal acetylenes is 1. The van der Waals surface area contributed by atoms with Crippen molar-refractivity contribution in [2.24, 2.45) is 0 Å². The Morgan fingerprint density at radius 2 is 2.41 bits per heavy atom. The fraction of sp³-hybridized carbons (Fsp3) is 0.500. The second kappa shape index (κ2) is 6.59. The maximum absolute atomic E-state index is 11.7. The maximum atomic E-state index is 11.7. The molecule has 0 aliphatic rings. The number of H-pyrrole nitrogens is 1. The summed E-state index contributed by atoms with van der Waals surface area (Å²) in [7, 11) is 0. The van der Waals surface area contributed by atoms with E-state index in [4.69, 9.17) is 12.2 Å². The molecule has 1 aromatic rings. The van der Waals surface area contributed by atoms with Gasteiger partial charge in [0.2, 0.25) is 0 Å². The third-order valence-electron chi connectivity index (χ3n) is 2.38. The molecule has 0 aliphatic heterocycles. The van der Waals surface area contributed by atoms with Gasteiger partial charge in [-0.05, 0) is 12.8 Å². The maximum Gasteiger partial charge on any atom is 0.273 e. The molecule has 1 heterocycles. The van der Waals surface area contributed by atoms with Crippen LogP contribution in [0.2, 0.25) is 0 Å². The fourth-order valence-electron chi connectivity index (χ4n) is 1.48. The van der Waals surface area contributed by atoms with Crippen LogP contribution < -0.4 is 11.1 Å². The molecule has 1 amide bonds. The van der Waals surface area contributed by atoms with E-state index in [1.807, 2.05) is 6.92 Å². The van der Waals surface area contributed by atoms with Crippen molar-refractivity contribution in [1.82, 2.24) is 15.5 Å². The van der Waals surface area contributed by atoms with Gasteiger partial charge in [-0.2, -0.15) is 5.10 Å². The molecule has 0 aromatic carbocycles. The zero-order valence-corrected chi connectivity index (χ0v) is 10.0. The van der Waals surface area contributed by atoms with E-state index in [1.165, 1.54) is 0 Å². The number of amides is 1. The zero-order valence-electron chi connectivity index (χ0n) is 10.0. The van der Waals surface area contributed by atoms with E-state index in [0.717, 1.165) is 25.0 Å². The van der Waals surface area contributed by atoms with Crippen LogP contribution in [0.3, 0.4) is 0 Å². The van der Waals surface area contributed by atoms with Gasteiger partial charge in [-0.3, -0.25) is 9.89 Å². The molecular weight excluding hydrogens is 216 g/mol. The second-order valence-corrected chi connectivity index (χ2v) is 3.78. The van der Waals surface area contributed by atoms with Gasteiger partial charge in [-0.1, -0.05) is 13.3 Å². The summed E-state index contributed by atoms with van der Waals surface area (Å²) in [6, 6.07) is 0. The SMILES string of the molecule is C#CCCCNC(=O)c1n[nH]c(CCC)c1N. The quantitative estimate of drug-likeness (QED) is 0.509. The first kappa shape index (κ1) is 13.1. The monoisotopic (exact) mass is 234 g/mol. The van der Waals surface area contributed by atoms with Crippen molar-refractivity contribution >= 4 is 11.6 Å². The van der Waals surface area contributed by atoms with Gasteiger partial charge in [-0.15, -0.1) is 12.3 Å². The van der Waals surface area contributed by atoms with Crippen LogP contribution in [0.1, 0.15) is 42.4 Å². The minimum absolute atomic E-state index is 0.252. The fourth-order valence-corrected chi connectivity index (χ4v) is 1.48. The van der Waals surface area contributed by atoms with Crippen molar-refractivity contribution < 1.29 is 4.79 Å². The first-order chi connectivity index (χ1) is 8.20. The molecule has 4 N–H and O–H groups in total. The number of aromatic nitrogens is 2. The molecule has 0 fully saturated rings. The Bertz CT molecular complexity index is 417. The third kappa shape index (κ3) is 3.52. The average molecular weight is 234 g/mol. The van der Waals surface area contributed by atoms with Crippen LogP contribution in [-0.2, 0) is 6.42 Å². The molecule has 0 bridgehead atoms. The van der Waals surface area contributed by atoms with Crippen LogP contribution in [0.25, 0.3) is 0 Å².